The van der Waals surface area contributed by atoms with Gasteiger partial charge in [-0.05, 0) is 30.2 Å². The predicted octanol–water partition coefficient (Wildman–Crippen LogP) is 2.12. The van der Waals surface area contributed by atoms with E-state index in [1.165, 1.54) is 12.1 Å². The van der Waals surface area contributed by atoms with Crippen molar-refractivity contribution in [2.24, 2.45) is 5.92 Å². The molecule has 1 rings (SSSR count). The Bertz CT molecular complexity index is 536. The van der Waals surface area contributed by atoms with E-state index in [1.54, 1.807) is 13.0 Å². The smallest absolute Gasteiger partial charge is 0.306 e. The summed E-state index contributed by atoms with van der Waals surface area (Å²) < 4.78 is 23.5. The fourth-order valence-corrected chi connectivity index (χ4v) is 2.79. The molecule has 1 aromatic rings. The Morgan fingerprint density at radius 2 is 2.00 bits per heavy atom. The number of carbonyl (C=O) groups is 1. The molecule has 0 aliphatic rings. The van der Waals surface area contributed by atoms with Crippen LogP contribution in [0.4, 0.5) is 0 Å². The molecule has 0 heterocycles. The van der Waals surface area contributed by atoms with Crippen LogP contribution in [-0.2, 0) is 21.1 Å². The van der Waals surface area contributed by atoms with Crippen LogP contribution in [0, 0.1) is 5.92 Å². The summed E-state index contributed by atoms with van der Waals surface area (Å²) in [6, 6.07) is 4.75. The van der Waals surface area contributed by atoms with Crippen LogP contribution in [0.25, 0.3) is 0 Å². The predicted molar refractivity (Wildman–Crippen MR) is 67.8 cm³/mol. The van der Waals surface area contributed by atoms with E-state index < -0.39 is 21.7 Å². The van der Waals surface area contributed by atoms with Gasteiger partial charge in [0.25, 0.3) is 0 Å². The Morgan fingerprint density at radius 3 is 2.47 bits per heavy atom. The number of hydrogen-bond donors (Lipinski definition) is 1. The van der Waals surface area contributed by atoms with Crippen molar-refractivity contribution in [3.8, 4) is 0 Å². The standard InChI is InChI=1S/C11H13BrO4S/c1-7(11(13)14)3-8-4-9(12)6-10(5-8)17(2,15)16/h4-7H,3H2,1-2H3,(H,13,14). The van der Waals surface area contributed by atoms with Crippen LogP contribution in [0.1, 0.15) is 12.5 Å². The summed E-state index contributed by atoms with van der Waals surface area (Å²) in [5, 5.41) is 8.81. The highest BCUT2D eigenvalue weighted by atomic mass is 79.9. The van der Waals surface area contributed by atoms with Crippen LogP contribution in [0.5, 0.6) is 0 Å². The molecule has 94 valence electrons. The lowest BCUT2D eigenvalue weighted by Crippen LogP contribution is -2.12. The first-order valence-corrected chi connectivity index (χ1v) is 7.61. The SMILES string of the molecule is CC(Cc1cc(Br)cc(S(C)(=O)=O)c1)C(=O)O. The van der Waals surface area contributed by atoms with E-state index in [0.717, 1.165) is 6.26 Å². The van der Waals surface area contributed by atoms with Crippen molar-refractivity contribution in [2.75, 3.05) is 6.26 Å². The Labute approximate surface area is 109 Å². The van der Waals surface area contributed by atoms with Crippen molar-refractivity contribution in [3.05, 3.63) is 28.2 Å². The highest BCUT2D eigenvalue weighted by Gasteiger charge is 2.14. The Kier molecular flexibility index (Phi) is 4.32. The first kappa shape index (κ1) is 14.2. The van der Waals surface area contributed by atoms with Crippen molar-refractivity contribution in [1.29, 1.82) is 0 Å². The molecule has 1 unspecified atom stereocenters. The van der Waals surface area contributed by atoms with Crippen molar-refractivity contribution in [3.63, 3.8) is 0 Å². The van der Waals surface area contributed by atoms with E-state index >= 15 is 0 Å². The third-order valence-corrected chi connectivity index (χ3v) is 3.87. The molecule has 0 fully saturated rings. The van der Waals surface area contributed by atoms with Gasteiger partial charge in [0, 0.05) is 10.7 Å². The number of benzene rings is 1. The molecule has 0 aliphatic heterocycles. The van der Waals surface area contributed by atoms with Crippen molar-refractivity contribution >= 4 is 31.7 Å². The second-order valence-electron chi connectivity index (χ2n) is 4.01. The third-order valence-electron chi connectivity index (χ3n) is 2.32. The van der Waals surface area contributed by atoms with Crippen molar-refractivity contribution in [1.82, 2.24) is 0 Å². The number of carboxylic acid groups (broad SMARTS) is 1. The van der Waals surface area contributed by atoms with Gasteiger partial charge in [-0.15, -0.1) is 0 Å². The van der Waals surface area contributed by atoms with E-state index in [1.807, 2.05) is 0 Å². The van der Waals surface area contributed by atoms with Gasteiger partial charge in [-0.1, -0.05) is 22.9 Å². The molecule has 1 aromatic carbocycles. The fourth-order valence-electron chi connectivity index (χ4n) is 1.39. The zero-order valence-corrected chi connectivity index (χ0v) is 11.9. The monoisotopic (exact) mass is 320 g/mol. The molecule has 6 heteroatoms. The highest BCUT2D eigenvalue weighted by molar-refractivity contribution is 9.10. The minimum atomic E-state index is -3.28. The normalized spacial score (nSPS) is 13.4. The highest BCUT2D eigenvalue weighted by Crippen LogP contribution is 2.21. The first-order valence-electron chi connectivity index (χ1n) is 4.92. The average molecular weight is 321 g/mol. The van der Waals surface area contributed by atoms with Crippen LogP contribution >= 0.6 is 15.9 Å². The minimum Gasteiger partial charge on any atom is -0.481 e. The maximum Gasteiger partial charge on any atom is 0.306 e. The van der Waals surface area contributed by atoms with Crippen molar-refractivity contribution < 1.29 is 18.3 Å². The minimum absolute atomic E-state index is 0.194. The molecule has 0 spiro atoms. The number of hydrogen-bond acceptors (Lipinski definition) is 3. The zero-order valence-electron chi connectivity index (χ0n) is 9.47. The summed E-state index contributed by atoms with van der Waals surface area (Å²) in [7, 11) is -3.28. The van der Waals surface area contributed by atoms with Crippen LogP contribution in [0.2, 0.25) is 0 Å². The zero-order chi connectivity index (χ0) is 13.2. The van der Waals surface area contributed by atoms with Gasteiger partial charge in [-0.3, -0.25) is 4.79 Å². The molecule has 0 bridgehead atoms. The molecule has 0 saturated carbocycles. The molecule has 17 heavy (non-hydrogen) atoms. The molecular weight excluding hydrogens is 308 g/mol. The van der Waals surface area contributed by atoms with Crippen LogP contribution < -0.4 is 0 Å². The molecule has 0 saturated heterocycles. The second kappa shape index (κ2) is 5.18. The lowest BCUT2D eigenvalue weighted by Gasteiger charge is -2.08. The first-order chi connectivity index (χ1) is 7.70. The lowest BCUT2D eigenvalue weighted by molar-refractivity contribution is -0.141. The van der Waals surface area contributed by atoms with Crippen LogP contribution in [0.15, 0.2) is 27.6 Å². The topological polar surface area (TPSA) is 71.4 Å². The summed E-state index contributed by atoms with van der Waals surface area (Å²) in [5.74, 6) is -1.44. The van der Waals surface area contributed by atoms with Gasteiger partial charge in [0.15, 0.2) is 9.84 Å². The molecule has 1 atom stereocenters. The quantitative estimate of drug-likeness (QED) is 0.922. The maximum atomic E-state index is 11.4. The number of halogens is 1. The molecular formula is C11H13BrO4S. The summed E-state index contributed by atoms with van der Waals surface area (Å²) >= 11 is 3.22. The summed E-state index contributed by atoms with van der Waals surface area (Å²) in [6.07, 6.45) is 1.43. The van der Waals surface area contributed by atoms with Crippen LogP contribution in [-0.4, -0.2) is 25.7 Å². The van der Waals surface area contributed by atoms with E-state index in [9.17, 15) is 13.2 Å². The summed E-state index contributed by atoms with van der Waals surface area (Å²) in [4.78, 5) is 10.9. The van der Waals surface area contributed by atoms with Gasteiger partial charge < -0.3 is 5.11 Å². The third kappa shape index (κ3) is 4.12. The van der Waals surface area contributed by atoms with Gasteiger partial charge in [0.05, 0.1) is 10.8 Å². The number of sulfone groups is 1. The maximum absolute atomic E-state index is 11.4. The van der Waals surface area contributed by atoms with Gasteiger partial charge in [0.2, 0.25) is 0 Å². The van der Waals surface area contributed by atoms with Gasteiger partial charge >= 0.3 is 5.97 Å². The Hall–Kier alpha value is -0.880. The Morgan fingerprint density at radius 1 is 1.41 bits per heavy atom. The summed E-state index contributed by atoms with van der Waals surface area (Å²) in [6.45, 7) is 1.59. The van der Waals surface area contributed by atoms with E-state index in [-0.39, 0.29) is 4.90 Å². The molecule has 1 N–H and O–H groups in total. The lowest BCUT2D eigenvalue weighted by atomic mass is 10.0. The van der Waals surface area contributed by atoms with Crippen molar-refractivity contribution in [2.45, 2.75) is 18.2 Å². The number of rotatable bonds is 4. The molecule has 0 aromatic heterocycles. The molecule has 4 nitrogen and oxygen atoms in total. The molecule has 0 amide bonds. The molecule has 0 radical (unpaired) electrons. The Balaban J connectivity index is 3.11. The second-order valence-corrected chi connectivity index (χ2v) is 6.94. The van der Waals surface area contributed by atoms with Gasteiger partial charge in [0.1, 0.15) is 0 Å². The van der Waals surface area contributed by atoms with Gasteiger partial charge in [-0.2, -0.15) is 0 Å². The van der Waals surface area contributed by atoms with E-state index in [0.29, 0.717) is 16.5 Å². The van der Waals surface area contributed by atoms with Gasteiger partial charge in [-0.25, -0.2) is 8.42 Å². The molecule has 0 aliphatic carbocycles. The largest absolute Gasteiger partial charge is 0.481 e. The fraction of sp³-hybridized carbons (Fsp3) is 0.364. The average Bonchev–Trinajstić information content (AvgIpc) is 2.15. The summed E-state index contributed by atoms with van der Waals surface area (Å²) in [5.41, 5.74) is 0.690. The van der Waals surface area contributed by atoms with E-state index in [4.69, 9.17) is 5.11 Å². The number of aliphatic carboxylic acids is 1. The number of carboxylic acids is 1. The van der Waals surface area contributed by atoms with Crippen LogP contribution in [0.3, 0.4) is 0 Å². The van der Waals surface area contributed by atoms with E-state index in [2.05, 4.69) is 15.9 Å².